The highest BCUT2D eigenvalue weighted by atomic mass is 32.2. The maximum atomic E-state index is 11.7. The lowest BCUT2D eigenvalue weighted by molar-refractivity contribution is 0.00262. The van der Waals surface area contributed by atoms with Gasteiger partial charge in [0, 0.05) is 18.4 Å². The van der Waals surface area contributed by atoms with E-state index >= 15 is 0 Å². The van der Waals surface area contributed by atoms with E-state index in [1.165, 1.54) is 12.3 Å². The molecule has 0 spiro atoms. The van der Waals surface area contributed by atoms with E-state index in [9.17, 15) is 23.7 Å². The van der Waals surface area contributed by atoms with Gasteiger partial charge in [0.1, 0.15) is 12.4 Å². The summed E-state index contributed by atoms with van der Waals surface area (Å²) in [5, 5.41) is 32.6. The fraction of sp³-hybridized carbons (Fsp3) is 0.357. The highest BCUT2D eigenvalue weighted by Crippen LogP contribution is 2.33. The van der Waals surface area contributed by atoms with Crippen LogP contribution in [0, 0.1) is 0 Å². The molecule has 0 unspecified atom stereocenters. The monoisotopic (exact) mass is 543 g/mol. The number of rotatable bonds is 12. The van der Waals surface area contributed by atoms with E-state index in [-0.39, 0.29) is 30.0 Å². The van der Waals surface area contributed by atoms with Crippen LogP contribution in [0.2, 0.25) is 0 Å². The van der Waals surface area contributed by atoms with Crippen molar-refractivity contribution < 1.29 is 37.9 Å². The van der Waals surface area contributed by atoms with Crippen molar-refractivity contribution in [2.24, 2.45) is 0 Å². The molecule has 0 aliphatic carbocycles. The van der Waals surface area contributed by atoms with Crippen molar-refractivity contribution in [3.63, 3.8) is 0 Å². The molecule has 0 saturated carbocycles. The Labute approximate surface area is 222 Å². The topological polar surface area (TPSA) is 135 Å². The van der Waals surface area contributed by atoms with Gasteiger partial charge in [-0.2, -0.15) is 0 Å². The van der Waals surface area contributed by atoms with Crippen LogP contribution in [0.4, 0.5) is 0 Å². The minimum absolute atomic E-state index is 0.00297. The first-order chi connectivity index (χ1) is 18.2. The van der Waals surface area contributed by atoms with Gasteiger partial charge in [0.2, 0.25) is 0 Å². The van der Waals surface area contributed by atoms with E-state index in [0.29, 0.717) is 55.4 Å². The molecule has 0 fully saturated rings. The average molecular weight is 544 g/mol. The fourth-order valence-electron chi connectivity index (χ4n) is 4.10. The van der Waals surface area contributed by atoms with E-state index < -0.39 is 15.9 Å². The molecule has 3 aromatic carbocycles. The van der Waals surface area contributed by atoms with E-state index in [0.717, 1.165) is 11.1 Å². The summed E-state index contributed by atoms with van der Waals surface area (Å²) in [5.41, 5.74) is 2.81. The first kappa shape index (κ1) is 27.9. The number of ether oxygens (including phenoxy) is 3. The van der Waals surface area contributed by atoms with Crippen molar-refractivity contribution in [3.8, 4) is 17.2 Å². The maximum Gasteiger partial charge on any atom is 0.175 e. The molecule has 4 rings (SSSR count). The van der Waals surface area contributed by atoms with Gasteiger partial charge in [0.05, 0.1) is 30.8 Å². The molecule has 2 atom stereocenters. The van der Waals surface area contributed by atoms with Crippen molar-refractivity contribution in [2.45, 2.75) is 36.7 Å². The van der Waals surface area contributed by atoms with Crippen LogP contribution in [0.25, 0.3) is 0 Å². The van der Waals surface area contributed by atoms with Gasteiger partial charge in [-0.15, -0.1) is 0 Å². The second-order valence-corrected chi connectivity index (χ2v) is 11.3. The Morgan fingerprint density at radius 3 is 2.71 bits per heavy atom. The highest BCUT2D eigenvalue weighted by molar-refractivity contribution is 7.90. The summed E-state index contributed by atoms with van der Waals surface area (Å²) in [7, 11) is -3.27. The van der Waals surface area contributed by atoms with Gasteiger partial charge in [0.15, 0.2) is 27.4 Å². The Balaban J connectivity index is 1.23. The Hall–Kier alpha value is -3.15. The minimum atomic E-state index is -3.27. The lowest BCUT2D eigenvalue weighted by Crippen LogP contribution is -2.33. The molecule has 1 aliphatic rings. The van der Waals surface area contributed by atoms with E-state index in [2.05, 4.69) is 5.32 Å². The number of aliphatic hydroxyl groups is 2. The summed E-state index contributed by atoms with van der Waals surface area (Å²) in [6.07, 6.45) is 0.824. The first-order valence-electron chi connectivity index (χ1n) is 12.3. The van der Waals surface area contributed by atoms with Gasteiger partial charge in [-0.1, -0.05) is 24.3 Å². The Morgan fingerprint density at radius 1 is 1.08 bits per heavy atom. The van der Waals surface area contributed by atoms with E-state index in [1.807, 2.05) is 24.3 Å². The molecule has 0 radical (unpaired) electrons. The number of hydrogen-bond acceptors (Lipinski definition) is 9. The van der Waals surface area contributed by atoms with E-state index in [4.69, 9.17) is 14.2 Å². The molecule has 4 N–H and O–H groups in total. The van der Waals surface area contributed by atoms with Crippen molar-refractivity contribution >= 4 is 9.84 Å². The minimum Gasteiger partial charge on any atom is -0.508 e. The zero-order valence-corrected chi connectivity index (χ0v) is 22.0. The third kappa shape index (κ3) is 7.46. The molecule has 204 valence electrons. The molecule has 3 aromatic rings. The summed E-state index contributed by atoms with van der Waals surface area (Å²) < 4.78 is 41.2. The van der Waals surface area contributed by atoms with Crippen molar-refractivity contribution in [1.82, 2.24) is 5.32 Å². The van der Waals surface area contributed by atoms with Gasteiger partial charge in [0.25, 0.3) is 0 Å². The van der Waals surface area contributed by atoms with Crippen molar-refractivity contribution in [1.29, 1.82) is 0 Å². The van der Waals surface area contributed by atoms with Crippen LogP contribution in [0.5, 0.6) is 17.2 Å². The second-order valence-electron chi connectivity index (χ2n) is 9.28. The quantitative estimate of drug-likeness (QED) is 0.254. The molecule has 1 heterocycles. The first-order valence-corrected chi connectivity index (χ1v) is 14.2. The number of aromatic hydroxyl groups is 1. The summed E-state index contributed by atoms with van der Waals surface area (Å²) in [4.78, 5) is 0.262. The standard InChI is InChI=1S/C28H33NO8S/c1-38(33,34)24-4-2-3-20(11-24)16-35-17-23-18-36-27-8-5-19(12-28(27)37-23)9-10-29-14-26(32)21-6-7-25(31)22(13-21)15-30/h2-8,11-13,23,26,29-32H,9-10,14-18H2,1H3/t23-,26+/m1/s1. The molecule has 1 aliphatic heterocycles. The number of nitrogens with one attached hydrogen (secondary N) is 1. The largest absolute Gasteiger partial charge is 0.508 e. The molecule has 0 aromatic heterocycles. The molecule has 0 saturated heterocycles. The van der Waals surface area contributed by atoms with Crippen LogP contribution in [0.15, 0.2) is 65.6 Å². The van der Waals surface area contributed by atoms with Crippen LogP contribution in [0.1, 0.15) is 28.4 Å². The SMILES string of the molecule is CS(=O)(=O)c1cccc(COC[C@@H]2COc3ccc(CCNC[C@H](O)c4ccc(O)c(CO)c4)cc3O2)c1. The van der Waals surface area contributed by atoms with E-state index in [1.54, 1.807) is 30.3 Å². The van der Waals surface area contributed by atoms with Gasteiger partial charge in [-0.05, 0) is 66.1 Å². The van der Waals surface area contributed by atoms with Gasteiger partial charge in [-0.3, -0.25) is 0 Å². The maximum absolute atomic E-state index is 11.7. The van der Waals surface area contributed by atoms with Gasteiger partial charge in [-0.25, -0.2) is 8.42 Å². The predicted molar refractivity (Wildman–Crippen MR) is 141 cm³/mol. The van der Waals surface area contributed by atoms with Crippen LogP contribution >= 0.6 is 0 Å². The van der Waals surface area contributed by atoms with Crippen LogP contribution in [-0.4, -0.2) is 62.4 Å². The lowest BCUT2D eigenvalue weighted by atomic mass is 10.1. The number of fused-ring (bicyclic) bond motifs is 1. The fourth-order valence-corrected chi connectivity index (χ4v) is 4.79. The number of benzene rings is 3. The summed E-state index contributed by atoms with van der Waals surface area (Å²) in [6, 6.07) is 17.2. The van der Waals surface area contributed by atoms with Gasteiger partial charge < -0.3 is 34.8 Å². The summed E-state index contributed by atoms with van der Waals surface area (Å²) in [6.45, 7) is 1.56. The van der Waals surface area contributed by atoms with Crippen LogP contribution in [0.3, 0.4) is 0 Å². The molecule has 9 nitrogen and oxygen atoms in total. The third-order valence-electron chi connectivity index (χ3n) is 6.21. The van der Waals surface area contributed by atoms with Gasteiger partial charge >= 0.3 is 0 Å². The van der Waals surface area contributed by atoms with Crippen molar-refractivity contribution in [2.75, 3.05) is 32.6 Å². The summed E-state index contributed by atoms with van der Waals surface area (Å²) in [5.74, 6) is 1.31. The summed E-state index contributed by atoms with van der Waals surface area (Å²) >= 11 is 0. The Kier molecular flexibility index (Phi) is 9.24. The average Bonchev–Trinajstić information content (AvgIpc) is 2.90. The molecule has 0 bridgehead atoms. The number of aliphatic hydroxyl groups excluding tert-OH is 2. The molecule has 10 heteroatoms. The Morgan fingerprint density at radius 2 is 1.92 bits per heavy atom. The third-order valence-corrected chi connectivity index (χ3v) is 7.32. The molecular weight excluding hydrogens is 510 g/mol. The highest BCUT2D eigenvalue weighted by Gasteiger charge is 2.22. The number of phenols is 1. The normalized spacial score (nSPS) is 15.8. The number of sulfone groups is 1. The van der Waals surface area contributed by atoms with Crippen LogP contribution in [-0.2, 0) is 34.2 Å². The molecule has 0 amide bonds. The second kappa shape index (κ2) is 12.6. The van der Waals surface area contributed by atoms with Crippen molar-refractivity contribution in [3.05, 3.63) is 82.9 Å². The van der Waals surface area contributed by atoms with Crippen LogP contribution < -0.4 is 14.8 Å². The molecular formula is C28H33NO8S. The molecule has 38 heavy (non-hydrogen) atoms. The zero-order valence-electron chi connectivity index (χ0n) is 21.2. The lowest BCUT2D eigenvalue weighted by Gasteiger charge is -2.27. The smallest absolute Gasteiger partial charge is 0.175 e. The zero-order chi connectivity index (χ0) is 27.1. The Bertz CT molecular complexity index is 1340. The predicted octanol–water partition coefficient (Wildman–Crippen LogP) is 2.51. The number of hydrogen-bond donors (Lipinski definition) is 4.